The van der Waals surface area contributed by atoms with Gasteiger partial charge in [0.25, 0.3) is 8.32 Å². The van der Waals surface area contributed by atoms with E-state index >= 15 is 0 Å². The first kappa shape index (κ1) is 24.2. The van der Waals surface area contributed by atoms with Crippen molar-refractivity contribution in [2.24, 2.45) is 0 Å². The van der Waals surface area contributed by atoms with E-state index in [4.69, 9.17) is 20.8 Å². The van der Waals surface area contributed by atoms with E-state index < -0.39 is 8.32 Å². The maximum absolute atomic E-state index is 7.09. The van der Waals surface area contributed by atoms with Crippen LogP contribution in [0.15, 0.2) is 79.3 Å². The zero-order valence-corrected chi connectivity index (χ0v) is 22.3. The molecule has 35 heavy (non-hydrogen) atoms. The minimum absolute atomic E-state index is 0.0467. The van der Waals surface area contributed by atoms with Crippen LogP contribution in [0.4, 0.5) is 0 Å². The van der Waals surface area contributed by atoms with Crippen LogP contribution in [0.3, 0.4) is 0 Å². The zero-order valence-electron chi connectivity index (χ0n) is 20.5. The lowest BCUT2D eigenvalue weighted by atomic mass is 9.98. The first-order valence-corrected chi connectivity index (χ1v) is 14.5. The van der Waals surface area contributed by atoms with Crippen LogP contribution in [-0.2, 0) is 9.16 Å². The summed E-state index contributed by atoms with van der Waals surface area (Å²) in [5.41, 5.74) is 0.835. The highest BCUT2D eigenvalue weighted by molar-refractivity contribution is 6.99. The summed E-state index contributed by atoms with van der Waals surface area (Å²) in [6, 6.07) is 21.5. The number of imidazole rings is 1. The highest BCUT2D eigenvalue weighted by Gasteiger charge is 2.50. The second-order valence-corrected chi connectivity index (χ2v) is 15.0. The molecule has 0 radical (unpaired) electrons. The van der Waals surface area contributed by atoms with E-state index in [1.165, 1.54) is 10.4 Å². The highest BCUT2D eigenvalue weighted by Crippen LogP contribution is 2.37. The Morgan fingerprint density at radius 2 is 1.66 bits per heavy atom. The standard InChI is InChI=1S/C28H32ClN3O2Si/c1-28(2,3)35(23-10-6-4-7-11-23,24-12-8-5-9-13-24)34-20-22-15-14-21(19-33-22)27-31-18-25-26(29)30-16-17-32(25)27/h4-13,16-18,21-22H,14-15,19-20H2,1-3H3. The third-order valence-corrected chi connectivity index (χ3v) is 12.4. The third-order valence-electron chi connectivity index (χ3n) is 7.08. The van der Waals surface area contributed by atoms with Crippen LogP contribution in [0.1, 0.15) is 45.4 Å². The molecule has 2 aromatic heterocycles. The molecular formula is C28H32ClN3O2Si. The van der Waals surface area contributed by atoms with Gasteiger partial charge >= 0.3 is 0 Å². The molecule has 0 spiro atoms. The maximum Gasteiger partial charge on any atom is 0.261 e. The smallest absolute Gasteiger partial charge is 0.261 e. The van der Waals surface area contributed by atoms with Crippen molar-refractivity contribution in [3.05, 3.63) is 90.2 Å². The van der Waals surface area contributed by atoms with E-state index in [1.54, 1.807) is 12.4 Å². The van der Waals surface area contributed by atoms with Crippen molar-refractivity contribution in [3.8, 4) is 0 Å². The van der Waals surface area contributed by atoms with Crippen LogP contribution in [-0.4, -0.2) is 42.0 Å². The fourth-order valence-electron chi connectivity index (χ4n) is 5.34. The first-order chi connectivity index (χ1) is 16.9. The number of rotatable bonds is 6. The van der Waals surface area contributed by atoms with Gasteiger partial charge in [0.1, 0.15) is 11.3 Å². The van der Waals surface area contributed by atoms with Crippen molar-refractivity contribution in [1.82, 2.24) is 14.4 Å². The number of halogens is 1. The van der Waals surface area contributed by atoms with Crippen LogP contribution in [0.25, 0.3) is 5.52 Å². The molecule has 7 heteroatoms. The Bertz CT molecular complexity index is 1230. The number of hydrogen-bond acceptors (Lipinski definition) is 4. The average Bonchev–Trinajstić information content (AvgIpc) is 3.31. The van der Waals surface area contributed by atoms with E-state index in [0.29, 0.717) is 18.4 Å². The highest BCUT2D eigenvalue weighted by atomic mass is 35.5. The number of fused-ring (bicyclic) bond motifs is 1. The Morgan fingerprint density at radius 1 is 1.00 bits per heavy atom. The van der Waals surface area contributed by atoms with Gasteiger partial charge in [0.05, 0.1) is 25.5 Å². The van der Waals surface area contributed by atoms with Crippen molar-refractivity contribution < 1.29 is 9.16 Å². The average molecular weight is 506 g/mol. The molecule has 0 bridgehead atoms. The van der Waals surface area contributed by atoms with Crippen molar-refractivity contribution >= 4 is 35.8 Å². The molecule has 182 valence electrons. The van der Waals surface area contributed by atoms with E-state index in [1.807, 2.05) is 10.6 Å². The molecule has 1 aliphatic heterocycles. The van der Waals surface area contributed by atoms with Gasteiger partial charge in [-0.25, -0.2) is 9.97 Å². The van der Waals surface area contributed by atoms with Crippen LogP contribution < -0.4 is 10.4 Å². The summed E-state index contributed by atoms with van der Waals surface area (Å²) >= 11 is 6.24. The molecule has 5 nitrogen and oxygen atoms in total. The van der Waals surface area contributed by atoms with Gasteiger partial charge < -0.3 is 9.16 Å². The maximum atomic E-state index is 7.09. The van der Waals surface area contributed by atoms with E-state index in [2.05, 4.69) is 91.4 Å². The molecule has 1 saturated heterocycles. The quantitative estimate of drug-likeness (QED) is 0.337. The van der Waals surface area contributed by atoms with Gasteiger partial charge in [0, 0.05) is 18.3 Å². The molecule has 1 fully saturated rings. The molecule has 0 N–H and O–H groups in total. The Morgan fingerprint density at radius 3 is 2.23 bits per heavy atom. The largest absolute Gasteiger partial charge is 0.405 e. The predicted octanol–water partition coefficient (Wildman–Crippen LogP) is 5.22. The summed E-state index contributed by atoms with van der Waals surface area (Å²) in [7, 11) is -2.56. The van der Waals surface area contributed by atoms with Crippen molar-refractivity contribution in [1.29, 1.82) is 0 Å². The summed E-state index contributed by atoms with van der Waals surface area (Å²) in [5, 5.41) is 3.01. The summed E-state index contributed by atoms with van der Waals surface area (Å²) in [4.78, 5) is 8.79. The van der Waals surface area contributed by atoms with E-state index in [9.17, 15) is 0 Å². The Hall–Kier alpha value is -2.51. The molecule has 2 atom stereocenters. The fraction of sp³-hybridized carbons (Fsp3) is 0.357. The van der Waals surface area contributed by atoms with Gasteiger partial charge in [-0.1, -0.05) is 93.0 Å². The number of ether oxygens (including phenoxy) is 1. The second-order valence-electron chi connectivity index (χ2n) is 10.3. The van der Waals surface area contributed by atoms with Crippen LogP contribution in [0, 0.1) is 0 Å². The van der Waals surface area contributed by atoms with Gasteiger partial charge in [-0.15, -0.1) is 0 Å². The van der Waals surface area contributed by atoms with E-state index in [-0.39, 0.29) is 17.1 Å². The lowest BCUT2D eigenvalue weighted by Gasteiger charge is -2.44. The molecule has 2 unspecified atom stereocenters. The second kappa shape index (κ2) is 9.86. The Balaban J connectivity index is 1.35. The molecule has 4 aromatic rings. The number of benzene rings is 2. The van der Waals surface area contributed by atoms with Crippen LogP contribution >= 0.6 is 11.6 Å². The molecule has 0 amide bonds. The number of nitrogens with zero attached hydrogens (tertiary/aromatic N) is 3. The van der Waals surface area contributed by atoms with Gasteiger partial charge in [0.2, 0.25) is 0 Å². The summed E-state index contributed by atoms with van der Waals surface area (Å²) in [6.45, 7) is 8.12. The molecular weight excluding hydrogens is 474 g/mol. The molecule has 3 heterocycles. The summed E-state index contributed by atoms with van der Waals surface area (Å²) in [6.07, 6.45) is 7.41. The minimum atomic E-state index is -2.56. The van der Waals surface area contributed by atoms with Crippen LogP contribution in [0.5, 0.6) is 0 Å². The van der Waals surface area contributed by atoms with Crippen LogP contribution in [0.2, 0.25) is 10.2 Å². The third kappa shape index (κ3) is 4.56. The minimum Gasteiger partial charge on any atom is -0.405 e. The van der Waals surface area contributed by atoms with E-state index in [0.717, 1.165) is 24.2 Å². The lowest BCUT2D eigenvalue weighted by Crippen LogP contribution is -2.67. The molecule has 2 aromatic carbocycles. The summed E-state index contributed by atoms with van der Waals surface area (Å²) < 4.78 is 15.5. The Kier molecular flexibility index (Phi) is 6.81. The molecule has 1 aliphatic rings. The predicted molar refractivity (Wildman–Crippen MR) is 143 cm³/mol. The monoisotopic (exact) mass is 505 g/mol. The topological polar surface area (TPSA) is 48.7 Å². The zero-order chi connectivity index (χ0) is 24.5. The first-order valence-electron chi connectivity index (χ1n) is 12.2. The molecule has 5 rings (SSSR count). The van der Waals surface area contributed by atoms with Gasteiger partial charge in [0.15, 0.2) is 5.15 Å². The normalized spacial score (nSPS) is 19.2. The van der Waals surface area contributed by atoms with Gasteiger partial charge in [-0.3, -0.25) is 4.40 Å². The van der Waals surface area contributed by atoms with Gasteiger partial charge in [-0.2, -0.15) is 0 Å². The van der Waals surface area contributed by atoms with Crippen molar-refractivity contribution in [3.63, 3.8) is 0 Å². The van der Waals surface area contributed by atoms with Crippen molar-refractivity contribution in [2.75, 3.05) is 13.2 Å². The summed E-state index contributed by atoms with van der Waals surface area (Å²) in [5.74, 6) is 1.20. The fourth-order valence-corrected chi connectivity index (χ4v) is 10.1. The Labute approximate surface area is 213 Å². The molecule has 0 saturated carbocycles. The lowest BCUT2D eigenvalue weighted by molar-refractivity contribution is -0.0245. The number of hydrogen-bond donors (Lipinski definition) is 0. The van der Waals surface area contributed by atoms with Crippen molar-refractivity contribution in [2.45, 2.75) is 50.7 Å². The SMILES string of the molecule is CC(C)(C)[Si](OCC1CCC(c2ncc3c(Cl)nccn23)CO1)(c1ccccc1)c1ccccc1. The molecule has 0 aliphatic carbocycles. The van der Waals surface area contributed by atoms with Gasteiger partial charge in [-0.05, 0) is 28.3 Å². The number of aromatic nitrogens is 3.